The largest absolute Gasteiger partial charge is 0.457 e. The Hall–Kier alpha value is -4.21. The van der Waals surface area contributed by atoms with Crippen molar-refractivity contribution in [2.24, 2.45) is 0 Å². The number of carbonyl (C=O) groups excluding carboxylic acids is 1. The van der Waals surface area contributed by atoms with Gasteiger partial charge in [0.25, 0.3) is 0 Å². The molecule has 9 heteroatoms. The molecular weight excluding hydrogens is 516 g/mol. The van der Waals surface area contributed by atoms with Crippen LogP contribution in [0, 0.1) is 6.92 Å². The summed E-state index contributed by atoms with van der Waals surface area (Å²) in [7, 11) is 2.08. The SMILES string of the molecule is Cc1c(-c2ccc(Oc3ccccc3)cc2)c2c(N)ncnc2n1[C@@H]1CCN(C(=O)/C=C/CN(C)[C@H]2CCOC2)C1. The highest BCUT2D eigenvalue weighted by Crippen LogP contribution is 2.40. The number of anilines is 1. The summed E-state index contributed by atoms with van der Waals surface area (Å²) in [5.74, 6) is 2.03. The van der Waals surface area contributed by atoms with E-state index < -0.39 is 0 Å². The molecule has 2 aliphatic rings. The summed E-state index contributed by atoms with van der Waals surface area (Å²) >= 11 is 0. The van der Waals surface area contributed by atoms with Crippen LogP contribution in [0.25, 0.3) is 22.2 Å². The van der Waals surface area contributed by atoms with E-state index >= 15 is 0 Å². The predicted molar refractivity (Wildman–Crippen MR) is 160 cm³/mol. The number of hydrogen-bond donors (Lipinski definition) is 1. The number of amides is 1. The maximum Gasteiger partial charge on any atom is 0.246 e. The first kappa shape index (κ1) is 27.0. The highest BCUT2D eigenvalue weighted by atomic mass is 16.5. The smallest absolute Gasteiger partial charge is 0.246 e. The van der Waals surface area contributed by atoms with Crippen LogP contribution < -0.4 is 10.5 Å². The minimum Gasteiger partial charge on any atom is -0.457 e. The van der Waals surface area contributed by atoms with Crippen LogP contribution in [-0.4, -0.2) is 76.2 Å². The summed E-state index contributed by atoms with van der Waals surface area (Å²) in [6.07, 6.45) is 7.07. The molecule has 4 aromatic rings. The van der Waals surface area contributed by atoms with E-state index in [-0.39, 0.29) is 11.9 Å². The van der Waals surface area contributed by atoms with E-state index in [1.807, 2.05) is 65.6 Å². The van der Waals surface area contributed by atoms with Crippen molar-refractivity contribution in [3.05, 3.63) is 78.8 Å². The molecule has 4 heterocycles. The molecule has 0 radical (unpaired) electrons. The third-order valence-corrected chi connectivity index (χ3v) is 8.20. The minimum atomic E-state index is 0.0426. The fourth-order valence-corrected chi connectivity index (χ4v) is 5.98. The van der Waals surface area contributed by atoms with Gasteiger partial charge in [-0.05, 0) is 56.6 Å². The Balaban J connectivity index is 1.21. The Morgan fingerprint density at radius 2 is 1.90 bits per heavy atom. The van der Waals surface area contributed by atoms with Crippen LogP contribution >= 0.6 is 0 Å². The summed E-state index contributed by atoms with van der Waals surface area (Å²) in [4.78, 5) is 26.2. The minimum absolute atomic E-state index is 0.0426. The number of fused-ring (bicyclic) bond motifs is 1. The molecular formula is C32H36N6O3. The van der Waals surface area contributed by atoms with E-state index in [9.17, 15) is 4.79 Å². The molecule has 2 fully saturated rings. The van der Waals surface area contributed by atoms with Gasteiger partial charge >= 0.3 is 0 Å². The number of nitrogens with zero attached hydrogens (tertiary/aromatic N) is 5. The van der Waals surface area contributed by atoms with Gasteiger partial charge < -0.3 is 24.7 Å². The second-order valence-corrected chi connectivity index (χ2v) is 10.8. The molecule has 2 aromatic carbocycles. The van der Waals surface area contributed by atoms with Gasteiger partial charge in [0.1, 0.15) is 29.3 Å². The number of hydrogen-bond acceptors (Lipinski definition) is 7. The van der Waals surface area contributed by atoms with Gasteiger partial charge in [-0.2, -0.15) is 0 Å². The van der Waals surface area contributed by atoms with Gasteiger partial charge in [-0.3, -0.25) is 9.69 Å². The highest BCUT2D eigenvalue weighted by Gasteiger charge is 2.31. The van der Waals surface area contributed by atoms with Crippen LogP contribution in [0.2, 0.25) is 0 Å². The van der Waals surface area contributed by atoms with Gasteiger partial charge in [0.2, 0.25) is 5.91 Å². The Bertz CT molecular complexity index is 1540. The van der Waals surface area contributed by atoms with E-state index in [1.54, 1.807) is 6.08 Å². The molecule has 6 rings (SSSR count). The molecule has 212 valence electrons. The lowest BCUT2D eigenvalue weighted by atomic mass is 10.0. The average Bonchev–Trinajstić information content (AvgIpc) is 3.74. The number of ether oxygens (including phenoxy) is 2. The van der Waals surface area contributed by atoms with Crippen molar-refractivity contribution < 1.29 is 14.3 Å². The zero-order valence-corrected chi connectivity index (χ0v) is 23.6. The fraction of sp³-hybridized carbons (Fsp3) is 0.344. The summed E-state index contributed by atoms with van der Waals surface area (Å²) < 4.78 is 13.7. The summed E-state index contributed by atoms with van der Waals surface area (Å²) in [6, 6.07) is 18.2. The van der Waals surface area contributed by atoms with Crippen molar-refractivity contribution in [1.82, 2.24) is 24.3 Å². The molecule has 41 heavy (non-hydrogen) atoms. The molecule has 9 nitrogen and oxygen atoms in total. The standard InChI is InChI=1S/C32H36N6O3/c1-22-29(23-10-12-27(13-11-23)41-26-7-4-3-5-8-26)30-31(33)34-21-35-32(30)38(22)24-14-17-37(19-24)28(39)9-6-16-36(2)25-15-18-40-20-25/h3-13,21,24-25H,14-20H2,1-2H3,(H2,33,34,35)/b9-6+/t24-,25+/m1/s1. The quantitative estimate of drug-likeness (QED) is 0.313. The first-order valence-corrected chi connectivity index (χ1v) is 14.2. The fourth-order valence-electron chi connectivity index (χ4n) is 5.98. The molecule has 0 bridgehead atoms. The lowest BCUT2D eigenvalue weighted by Crippen LogP contribution is -2.32. The van der Waals surface area contributed by atoms with Gasteiger partial charge in [-0.1, -0.05) is 36.4 Å². The van der Waals surface area contributed by atoms with E-state index in [0.717, 1.165) is 72.0 Å². The van der Waals surface area contributed by atoms with Crippen molar-refractivity contribution in [3.8, 4) is 22.6 Å². The van der Waals surface area contributed by atoms with Crippen LogP contribution in [0.5, 0.6) is 11.5 Å². The number of benzene rings is 2. The van der Waals surface area contributed by atoms with Gasteiger partial charge in [0.05, 0.1) is 18.0 Å². The van der Waals surface area contributed by atoms with Crippen LogP contribution in [0.4, 0.5) is 5.82 Å². The zero-order valence-electron chi connectivity index (χ0n) is 23.6. The number of likely N-dealkylation sites (N-methyl/N-ethyl adjacent to an activating group) is 1. The summed E-state index contributed by atoms with van der Waals surface area (Å²) in [5.41, 5.74) is 10.3. The third-order valence-electron chi connectivity index (χ3n) is 8.20. The van der Waals surface area contributed by atoms with E-state index in [0.29, 0.717) is 24.9 Å². The number of aromatic nitrogens is 3. The molecule has 2 atom stereocenters. The number of likely N-dealkylation sites (tertiary alicyclic amines) is 1. The van der Waals surface area contributed by atoms with Crippen molar-refractivity contribution in [1.29, 1.82) is 0 Å². The lowest BCUT2D eigenvalue weighted by molar-refractivity contribution is -0.125. The van der Waals surface area contributed by atoms with E-state index in [2.05, 4.69) is 33.4 Å². The number of nitrogens with two attached hydrogens (primary N) is 1. The maximum atomic E-state index is 13.0. The predicted octanol–water partition coefficient (Wildman–Crippen LogP) is 4.83. The van der Waals surface area contributed by atoms with Gasteiger partial charge in [-0.15, -0.1) is 0 Å². The van der Waals surface area contributed by atoms with E-state index in [4.69, 9.17) is 15.2 Å². The number of carbonyl (C=O) groups is 1. The lowest BCUT2D eigenvalue weighted by Gasteiger charge is -2.21. The number of nitrogen functional groups attached to an aromatic ring is 1. The first-order chi connectivity index (χ1) is 20.0. The van der Waals surface area contributed by atoms with Gasteiger partial charge in [0.15, 0.2) is 0 Å². The molecule has 1 amide bonds. The average molecular weight is 553 g/mol. The Labute approximate surface area is 240 Å². The monoisotopic (exact) mass is 552 g/mol. The molecule has 0 aliphatic carbocycles. The Kier molecular flexibility index (Phi) is 7.71. The van der Waals surface area contributed by atoms with E-state index in [1.165, 1.54) is 6.33 Å². The van der Waals surface area contributed by atoms with Crippen molar-refractivity contribution >= 4 is 22.8 Å². The molecule has 0 unspecified atom stereocenters. The topological polar surface area (TPSA) is 98.7 Å². The molecule has 2 aliphatic heterocycles. The van der Waals surface area contributed by atoms with Gasteiger partial charge in [0, 0.05) is 49.6 Å². The summed E-state index contributed by atoms with van der Waals surface area (Å²) in [6.45, 7) is 5.71. The Morgan fingerprint density at radius 3 is 2.66 bits per heavy atom. The second kappa shape index (κ2) is 11.7. The molecule has 2 aromatic heterocycles. The van der Waals surface area contributed by atoms with Crippen molar-refractivity contribution in [2.75, 3.05) is 45.6 Å². The summed E-state index contributed by atoms with van der Waals surface area (Å²) in [5, 5.41) is 0.838. The van der Waals surface area contributed by atoms with Crippen molar-refractivity contribution in [2.45, 2.75) is 31.8 Å². The molecule has 0 saturated carbocycles. The number of para-hydroxylation sites is 1. The van der Waals surface area contributed by atoms with Crippen LogP contribution in [0.3, 0.4) is 0 Å². The highest BCUT2D eigenvalue weighted by molar-refractivity contribution is 6.02. The maximum absolute atomic E-state index is 13.0. The Morgan fingerprint density at radius 1 is 1.12 bits per heavy atom. The van der Waals surface area contributed by atoms with Crippen LogP contribution in [-0.2, 0) is 9.53 Å². The first-order valence-electron chi connectivity index (χ1n) is 14.2. The number of rotatable bonds is 8. The normalized spacial score (nSPS) is 19.1. The molecule has 0 spiro atoms. The third kappa shape index (κ3) is 5.55. The zero-order chi connectivity index (χ0) is 28.3. The van der Waals surface area contributed by atoms with Crippen molar-refractivity contribution in [3.63, 3.8) is 0 Å². The van der Waals surface area contributed by atoms with Gasteiger partial charge in [-0.25, -0.2) is 9.97 Å². The second-order valence-electron chi connectivity index (χ2n) is 10.8. The molecule has 2 N–H and O–H groups in total. The molecule has 2 saturated heterocycles. The van der Waals surface area contributed by atoms with Crippen LogP contribution in [0.15, 0.2) is 73.1 Å². The van der Waals surface area contributed by atoms with Crippen LogP contribution in [0.1, 0.15) is 24.6 Å².